The van der Waals surface area contributed by atoms with Crippen LogP contribution in [-0.2, 0) is 16.4 Å². The van der Waals surface area contributed by atoms with E-state index in [9.17, 15) is 12.8 Å². The van der Waals surface area contributed by atoms with E-state index in [1.54, 1.807) is 12.1 Å². The maximum absolute atomic E-state index is 13.3. The van der Waals surface area contributed by atoms with Gasteiger partial charge < -0.3 is 5.11 Å². The smallest absolute Gasteiger partial charge is 0.261 e. The van der Waals surface area contributed by atoms with Gasteiger partial charge in [-0.1, -0.05) is 23.7 Å². The van der Waals surface area contributed by atoms with Gasteiger partial charge in [-0.05, 0) is 42.3 Å². The van der Waals surface area contributed by atoms with E-state index in [4.69, 9.17) is 16.7 Å². The molecule has 112 valence electrons. The first kappa shape index (κ1) is 15.8. The fourth-order valence-corrected chi connectivity index (χ4v) is 2.91. The van der Waals surface area contributed by atoms with Gasteiger partial charge in [0.25, 0.3) is 10.0 Å². The van der Waals surface area contributed by atoms with Crippen LogP contribution in [0.1, 0.15) is 5.56 Å². The second-order valence-electron chi connectivity index (χ2n) is 4.35. The lowest BCUT2D eigenvalue weighted by Gasteiger charge is -2.09. The third-order valence-electron chi connectivity index (χ3n) is 2.81. The minimum absolute atomic E-state index is 0.00556. The molecule has 0 aliphatic rings. The third-order valence-corrected chi connectivity index (χ3v) is 4.51. The number of anilines is 1. The lowest BCUT2D eigenvalue weighted by Crippen LogP contribution is -2.13. The van der Waals surface area contributed by atoms with Gasteiger partial charge in [0.1, 0.15) is 5.82 Å². The summed E-state index contributed by atoms with van der Waals surface area (Å²) in [7, 11) is -3.80. The molecule has 0 aromatic heterocycles. The third kappa shape index (κ3) is 3.93. The van der Waals surface area contributed by atoms with Crippen molar-refractivity contribution in [3.63, 3.8) is 0 Å². The van der Waals surface area contributed by atoms with E-state index in [2.05, 4.69) is 4.72 Å². The quantitative estimate of drug-likeness (QED) is 0.886. The van der Waals surface area contributed by atoms with Crippen LogP contribution in [-0.4, -0.2) is 20.1 Å². The van der Waals surface area contributed by atoms with Crippen LogP contribution in [0.15, 0.2) is 47.4 Å². The molecule has 2 aromatic carbocycles. The van der Waals surface area contributed by atoms with E-state index in [1.807, 2.05) is 0 Å². The van der Waals surface area contributed by atoms with Crippen LogP contribution < -0.4 is 4.72 Å². The van der Waals surface area contributed by atoms with Crippen molar-refractivity contribution < 1.29 is 17.9 Å². The van der Waals surface area contributed by atoms with Crippen molar-refractivity contribution in [2.45, 2.75) is 11.3 Å². The number of sulfonamides is 1. The second-order valence-corrected chi connectivity index (χ2v) is 6.44. The van der Waals surface area contributed by atoms with Crippen LogP contribution >= 0.6 is 11.6 Å². The highest BCUT2D eigenvalue weighted by Gasteiger charge is 2.14. The minimum Gasteiger partial charge on any atom is -0.396 e. The first-order chi connectivity index (χ1) is 9.92. The summed E-state index contributed by atoms with van der Waals surface area (Å²) in [6.45, 7) is -0.00556. The summed E-state index contributed by atoms with van der Waals surface area (Å²) in [5, 5.41) is 8.74. The van der Waals surface area contributed by atoms with Gasteiger partial charge in [0.2, 0.25) is 0 Å². The average molecular weight is 330 g/mol. The SMILES string of the molecule is O=S(=O)(Nc1ccc(Cl)c(F)c1)c1ccc(CCO)cc1. The highest BCUT2D eigenvalue weighted by Crippen LogP contribution is 2.21. The summed E-state index contributed by atoms with van der Waals surface area (Å²) in [6, 6.07) is 9.77. The molecule has 0 spiro atoms. The predicted octanol–water partition coefficient (Wildman–Crippen LogP) is 2.81. The molecular formula is C14H13ClFNO3S. The van der Waals surface area contributed by atoms with Crippen molar-refractivity contribution in [3.05, 3.63) is 58.9 Å². The van der Waals surface area contributed by atoms with Crippen molar-refractivity contribution in [2.24, 2.45) is 0 Å². The number of hydrogen-bond acceptors (Lipinski definition) is 3. The molecule has 0 heterocycles. The Bertz CT molecular complexity index is 732. The topological polar surface area (TPSA) is 66.4 Å². The molecule has 2 rings (SSSR count). The van der Waals surface area contributed by atoms with E-state index < -0.39 is 15.8 Å². The molecule has 0 amide bonds. The molecule has 4 nitrogen and oxygen atoms in total. The maximum atomic E-state index is 13.3. The van der Waals surface area contributed by atoms with Crippen LogP contribution in [0.5, 0.6) is 0 Å². The molecule has 0 radical (unpaired) electrons. The summed E-state index contributed by atoms with van der Waals surface area (Å²) in [6.07, 6.45) is 0.455. The molecule has 0 aliphatic carbocycles. The Hall–Kier alpha value is -1.63. The van der Waals surface area contributed by atoms with Crippen LogP contribution in [0.4, 0.5) is 10.1 Å². The summed E-state index contributed by atoms with van der Waals surface area (Å²) >= 11 is 5.54. The zero-order valence-electron chi connectivity index (χ0n) is 10.9. The molecule has 0 unspecified atom stereocenters. The van der Waals surface area contributed by atoms with Gasteiger partial charge in [-0.2, -0.15) is 0 Å². The summed E-state index contributed by atoms with van der Waals surface area (Å²) in [5.41, 5.74) is 0.922. The van der Waals surface area contributed by atoms with Gasteiger partial charge in [-0.3, -0.25) is 4.72 Å². The van der Waals surface area contributed by atoms with E-state index in [0.29, 0.717) is 6.42 Å². The van der Waals surface area contributed by atoms with Crippen molar-refractivity contribution in [1.29, 1.82) is 0 Å². The molecule has 7 heteroatoms. The van der Waals surface area contributed by atoms with Gasteiger partial charge in [-0.15, -0.1) is 0 Å². The average Bonchev–Trinajstić information content (AvgIpc) is 2.44. The Morgan fingerprint density at radius 1 is 1.14 bits per heavy atom. The van der Waals surface area contributed by atoms with Gasteiger partial charge >= 0.3 is 0 Å². The number of nitrogens with one attached hydrogen (secondary N) is 1. The maximum Gasteiger partial charge on any atom is 0.261 e. The molecule has 2 N–H and O–H groups in total. The molecule has 21 heavy (non-hydrogen) atoms. The highest BCUT2D eigenvalue weighted by atomic mass is 35.5. The Balaban J connectivity index is 2.23. The minimum atomic E-state index is -3.80. The molecule has 2 aromatic rings. The molecule has 0 bridgehead atoms. The Kier molecular flexibility index (Phi) is 4.82. The van der Waals surface area contributed by atoms with Crippen molar-refractivity contribution in [1.82, 2.24) is 0 Å². The monoisotopic (exact) mass is 329 g/mol. The first-order valence-corrected chi connectivity index (χ1v) is 7.96. The van der Waals surface area contributed by atoms with E-state index in [0.717, 1.165) is 11.6 Å². The van der Waals surface area contributed by atoms with Crippen LogP contribution in [0.25, 0.3) is 0 Å². The first-order valence-electron chi connectivity index (χ1n) is 6.10. The summed E-state index contributed by atoms with van der Waals surface area (Å²) < 4.78 is 39.9. The highest BCUT2D eigenvalue weighted by molar-refractivity contribution is 7.92. The molecule has 0 aliphatic heterocycles. The Labute approximate surface area is 127 Å². The lowest BCUT2D eigenvalue weighted by atomic mass is 10.2. The molecule has 0 fully saturated rings. The van der Waals surface area contributed by atoms with Gasteiger partial charge in [-0.25, -0.2) is 12.8 Å². The second kappa shape index (κ2) is 6.43. The van der Waals surface area contributed by atoms with Gasteiger partial charge in [0, 0.05) is 6.61 Å². The van der Waals surface area contributed by atoms with Gasteiger partial charge in [0.15, 0.2) is 0 Å². The molecular weight excluding hydrogens is 317 g/mol. The number of aliphatic hydroxyl groups excluding tert-OH is 1. The van der Waals surface area contributed by atoms with Crippen LogP contribution in [0.3, 0.4) is 0 Å². The van der Waals surface area contributed by atoms with E-state index in [1.165, 1.54) is 24.3 Å². The van der Waals surface area contributed by atoms with Gasteiger partial charge in [0.05, 0.1) is 15.6 Å². The molecule has 0 atom stereocenters. The number of aliphatic hydroxyl groups is 1. The number of halogens is 2. The standard InChI is InChI=1S/C14H13ClFNO3S/c15-13-6-3-11(9-14(13)16)17-21(19,20)12-4-1-10(2-5-12)7-8-18/h1-6,9,17-18H,7-8H2. The Morgan fingerprint density at radius 3 is 2.38 bits per heavy atom. The van der Waals surface area contributed by atoms with Crippen LogP contribution in [0.2, 0.25) is 5.02 Å². The largest absolute Gasteiger partial charge is 0.396 e. The zero-order valence-corrected chi connectivity index (χ0v) is 12.5. The number of hydrogen-bond donors (Lipinski definition) is 2. The molecule has 0 saturated carbocycles. The zero-order chi connectivity index (χ0) is 15.5. The van der Waals surface area contributed by atoms with Crippen molar-refractivity contribution in [3.8, 4) is 0 Å². The van der Waals surface area contributed by atoms with E-state index in [-0.39, 0.29) is 22.2 Å². The number of benzene rings is 2. The molecule has 0 saturated heterocycles. The van der Waals surface area contributed by atoms with Crippen molar-refractivity contribution in [2.75, 3.05) is 11.3 Å². The van der Waals surface area contributed by atoms with E-state index >= 15 is 0 Å². The lowest BCUT2D eigenvalue weighted by molar-refractivity contribution is 0.299. The summed E-state index contributed by atoms with van der Waals surface area (Å²) in [4.78, 5) is 0.0551. The van der Waals surface area contributed by atoms with Crippen LogP contribution in [0, 0.1) is 5.82 Å². The predicted molar refractivity (Wildman–Crippen MR) is 79.5 cm³/mol. The normalized spacial score (nSPS) is 11.4. The fourth-order valence-electron chi connectivity index (χ4n) is 1.74. The summed E-state index contributed by atoms with van der Waals surface area (Å²) in [5.74, 6) is -0.699. The Morgan fingerprint density at radius 2 is 1.81 bits per heavy atom. The van der Waals surface area contributed by atoms with Crippen molar-refractivity contribution >= 4 is 27.3 Å². The fraction of sp³-hybridized carbons (Fsp3) is 0.143. The number of rotatable bonds is 5.